The fraction of sp³-hybridized carbons (Fsp3) is 0.333. The highest BCUT2D eigenvalue weighted by atomic mass is 32.2. The van der Waals surface area contributed by atoms with E-state index in [4.69, 9.17) is 0 Å². The van der Waals surface area contributed by atoms with Crippen molar-refractivity contribution in [3.8, 4) is 0 Å². The molecule has 20 heavy (non-hydrogen) atoms. The van der Waals surface area contributed by atoms with Crippen molar-refractivity contribution in [3.63, 3.8) is 0 Å². The Morgan fingerprint density at radius 1 is 1.35 bits per heavy atom. The third-order valence-corrected chi connectivity index (χ3v) is 3.67. The summed E-state index contributed by atoms with van der Waals surface area (Å²) in [7, 11) is 3.35. The summed E-state index contributed by atoms with van der Waals surface area (Å²) < 4.78 is 40.8. The summed E-state index contributed by atoms with van der Waals surface area (Å²) in [6.07, 6.45) is -2.87. The summed E-state index contributed by atoms with van der Waals surface area (Å²) in [4.78, 5) is 0.480. The van der Waals surface area contributed by atoms with E-state index in [0.717, 1.165) is 17.8 Å². The van der Waals surface area contributed by atoms with Crippen LogP contribution in [0, 0.1) is 0 Å². The molecule has 0 aliphatic rings. The van der Waals surface area contributed by atoms with Gasteiger partial charge in [-0.15, -0.1) is 10.2 Å². The van der Waals surface area contributed by atoms with Crippen molar-refractivity contribution in [2.24, 2.45) is 7.05 Å². The maximum atomic E-state index is 13.0. The Hall–Kier alpha value is -1.54. The minimum absolute atomic E-state index is 0.170. The van der Waals surface area contributed by atoms with Gasteiger partial charge in [0.25, 0.3) is 0 Å². The van der Waals surface area contributed by atoms with E-state index in [1.807, 2.05) is 0 Å². The summed E-state index contributed by atoms with van der Waals surface area (Å²) in [6.45, 7) is 0.170. The van der Waals surface area contributed by atoms with Gasteiger partial charge in [-0.25, -0.2) is 0 Å². The maximum absolute atomic E-state index is 13.0. The lowest BCUT2D eigenvalue weighted by Crippen LogP contribution is -2.14. The standard InChI is InChI=1S/C12H13F3N4S/c1-16-6-8-3-4-9(5-10(8)12(13,14)15)20-11-18-17-7-19(11)2/h3-5,7,16H,6H2,1-2H3. The van der Waals surface area contributed by atoms with Crippen LogP contribution in [0.4, 0.5) is 13.2 Å². The molecule has 2 rings (SSSR count). The average molecular weight is 302 g/mol. The Labute approximate surface area is 118 Å². The Morgan fingerprint density at radius 3 is 2.65 bits per heavy atom. The van der Waals surface area contributed by atoms with E-state index in [1.54, 1.807) is 24.7 Å². The zero-order valence-electron chi connectivity index (χ0n) is 10.9. The average Bonchev–Trinajstić information content (AvgIpc) is 2.76. The second-order valence-electron chi connectivity index (χ2n) is 4.17. The molecule has 108 valence electrons. The minimum Gasteiger partial charge on any atom is -0.316 e. The zero-order valence-corrected chi connectivity index (χ0v) is 11.7. The molecule has 0 saturated heterocycles. The van der Waals surface area contributed by atoms with E-state index in [1.165, 1.54) is 12.4 Å². The number of rotatable bonds is 4. The Bertz CT molecular complexity index is 595. The number of benzene rings is 1. The molecule has 0 fully saturated rings. The summed E-state index contributed by atoms with van der Waals surface area (Å²) in [5, 5.41) is 10.8. The van der Waals surface area contributed by atoms with Crippen molar-refractivity contribution >= 4 is 11.8 Å². The summed E-state index contributed by atoms with van der Waals surface area (Å²) in [6, 6.07) is 4.28. The number of aryl methyl sites for hydroxylation is 1. The predicted octanol–water partition coefficient (Wildman–Crippen LogP) is 2.70. The van der Waals surface area contributed by atoms with Crippen LogP contribution in [0.1, 0.15) is 11.1 Å². The molecule has 0 aliphatic carbocycles. The molecule has 1 aromatic heterocycles. The molecule has 0 radical (unpaired) electrons. The van der Waals surface area contributed by atoms with Gasteiger partial charge < -0.3 is 9.88 Å². The van der Waals surface area contributed by atoms with Gasteiger partial charge in [0.15, 0.2) is 5.16 Å². The van der Waals surface area contributed by atoms with Gasteiger partial charge in [-0.05, 0) is 36.5 Å². The number of halogens is 3. The second kappa shape index (κ2) is 5.84. The van der Waals surface area contributed by atoms with Crippen LogP contribution >= 0.6 is 11.8 Å². The SMILES string of the molecule is CNCc1ccc(Sc2nncn2C)cc1C(F)(F)F. The minimum atomic E-state index is -4.37. The van der Waals surface area contributed by atoms with Crippen LogP contribution in [-0.4, -0.2) is 21.8 Å². The van der Waals surface area contributed by atoms with E-state index < -0.39 is 11.7 Å². The van der Waals surface area contributed by atoms with Gasteiger partial charge in [0.05, 0.1) is 5.56 Å². The van der Waals surface area contributed by atoms with E-state index in [-0.39, 0.29) is 12.1 Å². The summed E-state index contributed by atoms with van der Waals surface area (Å²) in [5.41, 5.74) is -0.402. The molecule has 0 saturated carbocycles. The number of hydrogen-bond acceptors (Lipinski definition) is 4. The van der Waals surface area contributed by atoms with Crippen molar-refractivity contribution < 1.29 is 13.2 Å². The molecule has 0 unspecified atom stereocenters. The van der Waals surface area contributed by atoms with Crippen LogP contribution in [0.15, 0.2) is 34.6 Å². The van der Waals surface area contributed by atoms with Crippen molar-refractivity contribution in [2.45, 2.75) is 22.8 Å². The Kier molecular flexibility index (Phi) is 4.34. The number of hydrogen-bond donors (Lipinski definition) is 1. The van der Waals surface area contributed by atoms with Gasteiger partial charge in [-0.2, -0.15) is 13.2 Å². The van der Waals surface area contributed by atoms with Gasteiger partial charge in [-0.1, -0.05) is 6.07 Å². The molecule has 0 bridgehead atoms. The normalized spacial score (nSPS) is 11.8. The lowest BCUT2D eigenvalue weighted by atomic mass is 10.1. The van der Waals surface area contributed by atoms with E-state index in [2.05, 4.69) is 15.5 Å². The van der Waals surface area contributed by atoms with Crippen molar-refractivity contribution in [3.05, 3.63) is 35.7 Å². The van der Waals surface area contributed by atoms with E-state index in [0.29, 0.717) is 10.1 Å². The first-order chi connectivity index (χ1) is 9.41. The predicted molar refractivity (Wildman–Crippen MR) is 69.3 cm³/mol. The van der Waals surface area contributed by atoms with Crippen molar-refractivity contribution in [2.75, 3.05) is 7.05 Å². The number of alkyl halides is 3. The largest absolute Gasteiger partial charge is 0.416 e. The topological polar surface area (TPSA) is 42.7 Å². The molecule has 4 nitrogen and oxygen atoms in total. The van der Waals surface area contributed by atoms with Crippen LogP contribution in [0.2, 0.25) is 0 Å². The Balaban J connectivity index is 2.34. The van der Waals surface area contributed by atoms with Gasteiger partial charge in [-0.3, -0.25) is 0 Å². The van der Waals surface area contributed by atoms with Crippen LogP contribution < -0.4 is 5.32 Å². The fourth-order valence-corrected chi connectivity index (χ4v) is 2.50. The second-order valence-corrected chi connectivity index (χ2v) is 5.21. The molecular formula is C12H13F3N4S. The maximum Gasteiger partial charge on any atom is 0.416 e. The highest BCUT2D eigenvalue weighted by Crippen LogP contribution is 2.36. The molecule has 1 N–H and O–H groups in total. The third kappa shape index (κ3) is 3.31. The first-order valence-corrected chi connectivity index (χ1v) is 6.60. The molecule has 0 spiro atoms. The monoisotopic (exact) mass is 302 g/mol. The van der Waals surface area contributed by atoms with E-state index in [9.17, 15) is 13.2 Å². The van der Waals surface area contributed by atoms with Crippen molar-refractivity contribution in [1.82, 2.24) is 20.1 Å². The molecule has 0 atom stereocenters. The highest BCUT2D eigenvalue weighted by Gasteiger charge is 2.33. The fourth-order valence-electron chi connectivity index (χ4n) is 1.70. The van der Waals surface area contributed by atoms with Gasteiger partial charge in [0, 0.05) is 18.5 Å². The molecule has 1 heterocycles. The van der Waals surface area contributed by atoms with Gasteiger partial charge in [0.1, 0.15) is 6.33 Å². The number of aromatic nitrogens is 3. The van der Waals surface area contributed by atoms with Gasteiger partial charge >= 0.3 is 6.18 Å². The third-order valence-electron chi connectivity index (χ3n) is 2.63. The molecule has 2 aromatic rings. The summed E-state index contributed by atoms with van der Waals surface area (Å²) >= 11 is 1.15. The summed E-state index contributed by atoms with van der Waals surface area (Å²) in [5.74, 6) is 0. The highest BCUT2D eigenvalue weighted by molar-refractivity contribution is 7.99. The molecule has 0 amide bonds. The Morgan fingerprint density at radius 2 is 2.10 bits per heavy atom. The van der Waals surface area contributed by atoms with Crippen LogP contribution in [0.3, 0.4) is 0 Å². The van der Waals surface area contributed by atoms with Crippen molar-refractivity contribution in [1.29, 1.82) is 0 Å². The number of nitrogens with zero attached hydrogens (tertiary/aromatic N) is 3. The number of nitrogens with one attached hydrogen (secondary N) is 1. The quantitative estimate of drug-likeness (QED) is 0.943. The molecule has 8 heteroatoms. The smallest absolute Gasteiger partial charge is 0.316 e. The molecule has 1 aromatic carbocycles. The van der Waals surface area contributed by atoms with E-state index >= 15 is 0 Å². The first-order valence-electron chi connectivity index (χ1n) is 5.78. The molecular weight excluding hydrogens is 289 g/mol. The zero-order chi connectivity index (χ0) is 14.8. The lowest BCUT2D eigenvalue weighted by Gasteiger charge is -2.14. The first kappa shape index (κ1) is 14.9. The van der Waals surface area contributed by atoms with Crippen LogP contribution in [0.25, 0.3) is 0 Å². The van der Waals surface area contributed by atoms with Crippen LogP contribution in [-0.2, 0) is 19.8 Å². The lowest BCUT2D eigenvalue weighted by molar-refractivity contribution is -0.138. The molecule has 0 aliphatic heterocycles. The van der Waals surface area contributed by atoms with Crippen LogP contribution in [0.5, 0.6) is 0 Å². The van der Waals surface area contributed by atoms with Gasteiger partial charge in [0.2, 0.25) is 0 Å².